The van der Waals surface area contributed by atoms with E-state index in [2.05, 4.69) is 13.8 Å². The van der Waals surface area contributed by atoms with Gasteiger partial charge < -0.3 is 10.6 Å². The summed E-state index contributed by atoms with van der Waals surface area (Å²) in [7, 11) is 0. The maximum absolute atomic E-state index is 12.2. The average Bonchev–Trinajstić information content (AvgIpc) is 2.39. The summed E-state index contributed by atoms with van der Waals surface area (Å²) >= 11 is 0. The molecule has 0 unspecified atom stereocenters. The Morgan fingerprint density at radius 2 is 2.05 bits per heavy atom. The molecule has 1 aromatic rings. The number of amides is 1. The van der Waals surface area contributed by atoms with Crippen molar-refractivity contribution in [1.82, 2.24) is 4.90 Å². The lowest BCUT2D eigenvalue weighted by Gasteiger charge is -2.34. The first-order chi connectivity index (χ1) is 9.06. The molecule has 1 aromatic carbocycles. The number of hydrogen-bond acceptors (Lipinski definition) is 2. The molecule has 0 bridgehead atoms. The molecule has 19 heavy (non-hydrogen) atoms. The summed E-state index contributed by atoms with van der Waals surface area (Å²) in [6, 6.07) is 7.61. The Labute approximate surface area is 115 Å². The molecule has 104 valence electrons. The van der Waals surface area contributed by atoms with Gasteiger partial charge >= 0.3 is 0 Å². The Hall–Kier alpha value is -1.51. The molecule has 0 aromatic heterocycles. The van der Waals surface area contributed by atoms with Gasteiger partial charge in [0.2, 0.25) is 5.91 Å². The Kier molecular flexibility index (Phi) is 4.46. The number of likely N-dealkylation sites (tertiary alicyclic amines) is 1. The molecule has 1 fully saturated rings. The van der Waals surface area contributed by atoms with Crippen molar-refractivity contribution < 1.29 is 4.79 Å². The largest absolute Gasteiger partial charge is 0.399 e. The number of nitrogens with zero attached hydrogens (tertiary/aromatic N) is 1. The molecule has 0 radical (unpaired) electrons. The summed E-state index contributed by atoms with van der Waals surface area (Å²) in [6.07, 6.45) is 2.75. The third kappa shape index (κ3) is 3.72. The van der Waals surface area contributed by atoms with E-state index < -0.39 is 0 Å². The first-order valence-corrected chi connectivity index (χ1v) is 7.18. The van der Waals surface area contributed by atoms with E-state index in [-0.39, 0.29) is 5.91 Å². The Bertz CT molecular complexity index is 434. The molecular formula is C16H24N2O. The number of benzene rings is 1. The first-order valence-electron chi connectivity index (χ1n) is 7.18. The van der Waals surface area contributed by atoms with Crippen molar-refractivity contribution in [1.29, 1.82) is 0 Å². The molecule has 0 aliphatic carbocycles. The predicted molar refractivity (Wildman–Crippen MR) is 78.7 cm³/mol. The smallest absolute Gasteiger partial charge is 0.226 e. The van der Waals surface area contributed by atoms with Crippen LogP contribution in [0.15, 0.2) is 24.3 Å². The van der Waals surface area contributed by atoms with Crippen LogP contribution in [0.5, 0.6) is 0 Å². The fourth-order valence-corrected chi connectivity index (χ4v) is 2.81. The Balaban J connectivity index is 1.88. The monoisotopic (exact) mass is 260 g/mol. The first kappa shape index (κ1) is 13.9. The molecule has 2 N–H and O–H groups in total. The molecule has 1 saturated heterocycles. The highest BCUT2D eigenvalue weighted by Crippen LogP contribution is 2.24. The van der Waals surface area contributed by atoms with E-state index in [9.17, 15) is 4.79 Å². The van der Waals surface area contributed by atoms with Crippen LogP contribution in [0, 0.1) is 11.8 Å². The highest BCUT2D eigenvalue weighted by atomic mass is 16.2. The molecule has 1 heterocycles. The second kappa shape index (κ2) is 6.09. The van der Waals surface area contributed by atoms with Gasteiger partial charge in [-0.15, -0.1) is 0 Å². The molecular weight excluding hydrogens is 236 g/mol. The van der Waals surface area contributed by atoms with Crippen LogP contribution in [0.1, 0.15) is 32.3 Å². The molecule has 1 aliphatic heterocycles. The van der Waals surface area contributed by atoms with Gasteiger partial charge in [-0.25, -0.2) is 0 Å². The summed E-state index contributed by atoms with van der Waals surface area (Å²) in [5.41, 5.74) is 7.48. The summed E-state index contributed by atoms with van der Waals surface area (Å²) < 4.78 is 0. The van der Waals surface area contributed by atoms with E-state index in [1.165, 1.54) is 0 Å². The molecule has 2 rings (SSSR count). The summed E-state index contributed by atoms with van der Waals surface area (Å²) in [5.74, 6) is 1.73. The molecule has 1 amide bonds. The van der Waals surface area contributed by atoms with Gasteiger partial charge in [0.1, 0.15) is 0 Å². The maximum atomic E-state index is 12.2. The number of nitrogens with two attached hydrogens (primary N) is 1. The van der Waals surface area contributed by atoms with Gasteiger partial charge in [-0.3, -0.25) is 4.79 Å². The lowest BCUT2D eigenvalue weighted by Crippen LogP contribution is -2.40. The quantitative estimate of drug-likeness (QED) is 0.849. The van der Waals surface area contributed by atoms with Crippen molar-refractivity contribution in [3.63, 3.8) is 0 Å². The Morgan fingerprint density at radius 3 is 2.63 bits per heavy atom. The van der Waals surface area contributed by atoms with E-state index in [1.54, 1.807) is 0 Å². The van der Waals surface area contributed by atoms with Crippen LogP contribution in [0.4, 0.5) is 5.69 Å². The van der Waals surface area contributed by atoms with E-state index in [1.807, 2.05) is 29.2 Å². The van der Waals surface area contributed by atoms with Crippen LogP contribution in [0.2, 0.25) is 0 Å². The fraction of sp³-hybridized carbons (Fsp3) is 0.562. The van der Waals surface area contributed by atoms with Crippen LogP contribution in [0.25, 0.3) is 0 Å². The van der Waals surface area contributed by atoms with Crippen molar-refractivity contribution in [2.45, 2.75) is 33.1 Å². The van der Waals surface area contributed by atoms with Gasteiger partial charge in [0.05, 0.1) is 6.42 Å². The SMILES string of the molecule is CC(C)C1CCN(C(=O)Cc2cccc(N)c2)CC1. The minimum Gasteiger partial charge on any atom is -0.399 e. The number of carbonyl (C=O) groups is 1. The van der Waals surface area contributed by atoms with E-state index in [0.29, 0.717) is 6.42 Å². The third-order valence-corrected chi connectivity index (χ3v) is 4.14. The second-order valence-corrected chi connectivity index (χ2v) is 5.88. The number of anilines is 1. The zero-order valence-corrected chi connectivity index (χ0v) is 11.9. The van der Waals surface area contributed by atoms with Crippen molar-refractivity contribution in [2.75, 3.05) is 18.8 Å². The molecule has 1 aliphatic rings. The van der Waals surface area contributed by atoms with Gasteiger partial charge in [-0.2, -0.15) is 0 Å². The van der Waals surface area contributed by atoms with Crippen molar-refractivity contribution >= 4 is 11.6 Å². The van der Waals surface area contributed by atoms with Crippen molar-refractivity contribution in [3.8, 4) is 0 Å². The summed E-state index contributed by atoms with van der Waals surface area (Å²) in [5, 5.41) is 0. The number of nitrogen functional groups attached to an aromatic ring is 1. The maximum Gasteiger partial charge on any atom is 0.226 e. The average molecular weight is 260 g/mol. The van der Waals surface area contributed by atoms with Gasteiger partial charge in [0, 0.05) is 18.8 Å². The van der Waals surface area contributed by atoms with E-state index in [0.717, 1.165) is 49.0 Å². The van der Waals surface area contributed by atoms with Crippen molar-refractivity contribution in [2.24, 2.45) is 11.8 Å². The summed E-state index contributed by atoms with van der Waals surface area (Å²) in [4.78, 5) is 14.2. The van der Waals surface area contributed by atoms with Crippen LogP contribution >= 0.6 is 0 Å². The van der Waals surface area contributed by atoms with Crippen LogP contribution in [0.3, 0.4) is 0 Å². The van der Waals surface area contributed by atoms with Gasteiger partial charge in [0.25, 0.3) is 0 Å². The molecule has 0 saturated carbocycles. The number of carbonyl (C=O) groups excluding carboxylic acids is 1. The number of piperidine rings is 1. The zero-order valence-electron chi connectivity index (χ0n) is 11.9. The molecule has 0 spiro atoms. The third-order valence-electron chi connectivity index (χ3n) is 4.14. The standard InChI is InChI=1S/C16H24N2O/c1-12(2)14-6-8-18(9-7-14)16(19)11-13-4-3-5-15(17)10-13/h3-5,10,12,14H,6-9,11,17H2,1-2H3. The molecule has 0 atom stereocenters. The fourth-order valence-electron chi connectivity index (χ4n) is 2.81. The lowest BCUT2D eigenvalue weighted by molar-refractivity contribution is -0.132. The molecule has 3 nitrogen and oxygen atoms in total. The van der Waals surface area contributed by atoms with Crippen LogP contribution in [-0.4, -0.2) is 23.9 Å². The van der Waals surface area contributed by atoms with E-state index >= 15 is 0 Å². The highest BCUT2D eigenvalue weighted by molar-refractivity contribution is 5.79. The van der Waals surface area contributed by atoms with Gasteiger partial charge in [-0.1, -0.05) is 26.0 Å². The van der Waals surface area contributed by atoms with Crippen molar-refractivity contribution in [3.05, 3.63) is 29.8 Å². The number of hydrogen-bond donors (Lipinski definition) is 1. The predicted octanol–water partition coefficient (Wildman–Crippen LogP) is 2.71. The van der Waals surface area contributed by atoms with Crippen LogP contribution < -0.4 is 5.73 Å². The second-order valence-electron chi connectivity index (χ2n) is 5.88. The lowest BCUT2D eigenvalue weighted by atomic mass is 9.86. The normalized spacial score (nSPS) is 16.9. The Morgan fingerprint density at radius 1 is 1.37 bits per heavy atom. The van der Waals surface area contributed by atoms with Gasteiger partial charge in [-0.05, 0) is 42.4 Å². The molecule has 3 heteroatoms. The topological polar surface area (TPSA) is 46.3 Å². The number of rotatable bonds is 3. The van der Waals surface area contributed by atoms with E-state index in [4.69, 9.17) is 5.73 Å². The summed E-state index contributed by atoms with van der Waals surface area (Å²) in [6.45, 7) is 6.36. The highest BCUT2D eigenvalue weighted by Gasteiger charge is 2.24. The van der Waals surface area contributed by atoms with Crippen LogP contribution in [-0.2, 0) is 11.2 Å². The van der Waals surface area contributed by atoms with Gasteiger partial charge in [0.15, 0.2) is 0 Å². The zero-order chi connectivity index (χ0) is 13.8. The minimum atomic E-state index is 0.229. The minimum absolute atomic E-state index is 0.229.